The number of anilines is 1. The summed E-state index contributed by atoms with van der Waals surface area (Å²) in [6, 6.07) is 30.7. The van der Waals surface area contributed by atoms with Gasteiger partial charge in [-0.25, -0.2) is 8.42 Å². The number of nitrogens with one attached hydrogen (secondary N) is 1. The molecule has 4 aromatic rings. The lowest BCUT2D eigenvalue weighted by Crippen LogP contribution is -2.55. The van der Waals surface area contributed by atoms with E-state index in [9.17, 15) is 18.0 Å². The zero-order chi connectivity index (χ0) is 33.4. The van der Waals surface area contributed by atoms with Gasteiger partial charge in [-0.3, -0.25) is 13.9 Å². The average Bonchev–Trinajstić information content (AvgIpc) is 3.08. The van der Waals surface area contributed by atoms with Gasteiger partial charge in [-0.15, -0.1) is 0 Å². The number of carbonyl (C=O) groups is 2. The Balaban J connectivity index is 1.57. The SMILES string of the molecule is Cc1ccc(S(=O)(=O)N(CC(=O)N(Cc2ccccc2)[C@H](Cc2ccccc2)C(=O)NC2CCCCC2)c2cc(C)ccc2C)cc1. The van der Waals surface area contributed by atoms with Gasteiger partial charge in [0.1, 0.15) is 12.6 Å². The lowest BCUT2D eigenvalue weighted by Gasteiger charge is -2.35. The highest BCUT2D eigenvalue weighted by Gasteiger charge is 2.35. The second-order valence-electron chi connectivity index (χ2n) is 12.7. The molecule has 2 amide bonds. The molecule has 0 unspecified atom stereocenters. The summed E-state index contributed by atoms with van der Waals surface area (Å²) >= 11 is 0. The van der Waals surface area contributed by atoms with E-state index in [-0.39, 0.29) is 23.4 Å². The van der Waals surface area contributed by atoms with Crippen molar-refractivity contribution in [3.05, 3.63) is 131 Å². The number of carbonyl (C=O) groups excluding carboxylic acids is 2. The van der Waals surface area contributed by atoms with Gasteiger partial charge in [0.05, 0.1) is 10.6 Å². The zero-order valence-electron chi connectivity index (χ0n) is 27.6. The largest absolute Gasteiger partial charge is 0.352 e. The van der Waals surface area contributed by atoms with Crippen LogP contribution in [-0.2, 0) is 32.6 Å². The summed E-state index contributed by atoms with van der Waals surface area (Å²) in [6.07, 6.45) is 5.39. The van der Waals surface area contributed by atoms with Crippen LogP contribution in [0.2, 0.25) is 0 Å². The fraction of sp³-hybridized carbons (Fsp3) is 0.333. The minimum absolute atomic E-state index is 0.0524. The standard InChI is InChI=1S/C39H45N3O4S/c1-29-20-23-35(24-21-29)47(45,46)42(36-25-30(2)19-22-31(36)3)28-38(43)41(27-33-15-9-5-10-16-33)37(26-32-13-7-4-8-14-32)39(44)40-34-17-11-6-12-18-34/h4-5,7-10,13-16,19-25,34,37H,6,11-12,17-18,26-28H2,1-3H3,(H,40,44)/t37-/m1/s1. The molecule has 0 aromatic heterocycles. The lowest BCUT2D eigenvalue weighted by molar-refractivity contribution is -0.140. The first-order valence-electron chi connectivity index (χ1n) is 16.5. The van der Waals surface area contributed by atoms with E-state index in [1.807, 2.05) is 93.6 Å². The zero-order valence-corrected chi connectivity index (χ0v) is 28.4. The van der Waals surface area contributed by atoms with Crippen molar-refractivity contribution in [3.8, 4) is 0 Å². The molecule has 0 spiro atoms. The number of aryl methyl sites for hydroxylation is 3. The van der Waals surface area contributed by atoms with Crippen LogP contribution in [0.4, 0.5) is 5.69 Å². The third kappa shape index (κ3) is 8.69. The average molecular weight is 652 g/mol. The highest BCUT2D eigenvalue weighted by Crippen LogP contribution is 2.29. The molecule has 1 N–H and O–H groups in total. The van der Waals surface area contributed by atoms with Gasteiger partial charge in [-0.1, -0.05) is 110 Å². The van der Waals surface area contributed by atoms with E-state index in [2.05, 4.69) is 5.32 Å². The van der Waals surface area contributed by atoms with Crippen LogP contribution in [-0.4, -0.2) is 43.8 Å². The van der Waals surface area contributed by atoms with Crippen LogP contribution < -0.4 is 9.62 Å². The van der Waals surface area contributed by atoms with E-state index in [0.29, 0.717) is 12.1 Å². The van der Waals surface area contributed by atoms with Gasteiger partial charge in [0.25, 0.3) is 10.0 Å². The summed E-state index contributed by atoms with van der Waals surface area (Å²) in [4.78, 5) is 30.6. The molecular formula is C39H45N3O4S. The molecule has 7 nitrogen and oxygen atoms in total. The van der Waals surface area contributed by atoms with Gasteiger partial charge in [0, 0.05) is 19.0 Å². The van der Waals surface area contributed by atoms with Crippen molar-refractivity contribution >= 4 is 27.5 Å². The number of sulfonamides is 1. The molecule has 246 valence electrons. The molecule has 0 saturated heterocycles. The van der Waals surface area contributed by atoms with E-state index in [0.717, 1.165) is 59.9 Å². The van der Waals surface area contributed by atoms with Gasteiger partial charge in [0.15, 0.2) is 0 Å². The Bertz CT molecular complexity index is 1750. The van der Waals surface area contributed by atoms with Gasteiger partial charge in [-0.2, -0.15) is 0 Å². The molecule has 1 atom stereocenters. The highest BCUT2D eigenvalue weighted by molar-refractivity contribution is 7.92. The molecule has 1 aliphatic carbocycles. The Morgan fingerprint density at radius 1 is 0.766 bits per heavy atom. The van der Waals surface area contributed by atoms with Crippen molar-refractivity contribution in [1.82, 2.24) is 10.2 Å². The molecule has 5 rings (SSSR count). The Morgan fingerprint density at radius 3 is 2.00 bits per heavy atom. The van der Waals surface area contributed by atoms with Crippen molar-refractivity contribution in [2.75, 3.05) is 10.8 Å². The topological polar surface area (TPSA) is 86.8 Å². The molecule has 8 heteroatoms. The highest BCUT2D eigenvalue weighted by atomic mass is 32.2. The van der Waals surface area contributed by atoms with E-state index >= 15 is 0 Å². The van der Waals surface area contributed by atoms with E-state index in [1.54, 1.807) is 35.2 Å². The van der Waals surface area contributed by atoms with Crippen LogP contribution in [0.3, 0.4) is 0 Å². The van der Waals surface area contributed by atoms with Crippen LogP contribution in [0.1, 0.15) is 59.9 Å². The van der Waals surface area contributed by atoms with Gasteiger partial charge >= 0.3 is 0 Å². The fourth-order valence-corrected chi connectivity index (χ4v) is 7.69. The van der Waals surface area contributed by atoms with E-state index in [1.165, 1.54) is 4.31 Å². The monoisotopic (exact) mass is 651 g/mol. The summed E-state index contributed by atoms with van der Waals surface area (Å²) in [6.45, 7) is 5.33. The first-order valence-corrected chi connectivity index (χ1v) is 17.9. The Morgan fingerprint density at radius 2 is 1.36 bits per heavy atom. The number of amides is 2. The van der Waals surface area contributed by atoms with Crippen LogP contribution >= 0.6 is 0 Å². The smallest absolute Gasteiger partial charge is 0.264 e. The van der Waals surface area contributed by atoms with Crippen LogP contribution in [0.5, 0.6) is 0 Å². The maximum Gasteiger partial charge on any atom is 0.264 e. The van der Waals surface area contributed by atoms with Crippen molar-refractivity contribution in [2.24, 2.45) is 0 Å². The van der Waals surface area contributed by atoms with Crippen molar-refractivity contribution in [1.29, 1.82) is 0 Å². The van der Waals surface area contributed by atoms with E-state index in [4.69, 9.17) is 0 Å². The Kier molecular flexibility index (Phi) is 11.1. The molecule has 47 heavy (non-hydrogen) atoms. The Hall–Kier alpha value is -4.43. The molecule has 1 saturated carbocycles. The second-order valence-corrected chi connectivity index (χ2v) is 14.5. The minimum atomic E-state index is -4.15. The molecular weight excluding hydrogens is 607 g/mol. The number of rotatable bonds is 12. The molecule has 0 heterocycles. The maximum atomic E-state index is 14.7. The predicted octanol–water partition coefficient (Wildman–Crippen LogP) is 6.90. The minimum Gasteiger partial charge on any atom is -0.352 e. The third-order valence-electron chi connectivity index (χ3n) is 8.94. The van der Waals surface area contributed by atoms with Gasteiger partial charge in [0.2, 0.25) is 11.8 Å². The molecule has 0 aliphatic heterocycles. The van der Waals surface area contributed by atoms with Gasteiger partial charge < -0.3 is 10.2 Å². The van der Waals surface area contributed by atoms with Crippen molar-refractivity contribution < 1.29 is 18.0 Å². The maximum absolute atomic E-state index is 14.7. The molecule has 0 radical (unpaired) electrons. The van der Waals surface area contributed by atoms with Crippen LogP contribution in [0, 0.1) is 20.8 Å². The summed E-state index contributed by atoms with van der Waals surface area (Å²) in [5.41, 5.74) is 4.73. The normalized spacial score (nSPS) is 14.3. The third-order valence-corrected chi connectivity index (χ3v) is 10.7. The first kappa shape index (κ1) is 33.9. The Labute approximate surface area is 279 Å². The number of hydrogen-bond donors (Lipinski definition) is 1. The van der Waals surface area contributed by atoms with Gasteiger partial charge in [-0.05, 0) is 74.1 Å². The number of hydrogen-bond acceptors (Lipinski definition) is 4. The first-order chi connectivity index (χ1) is 22.6. The van der Waals surface area contributed by atoms with Crippen LogP contribution in [0.15, 0.2) is 108 Å². The number of nitrogens with zero attached hydrogens (tertiary/aromatic N) is 2. The summed E-state index contributed by atoms with van der Waals surface area (Å²) < 4.78 is 29.9. The molecule has 0 bridgehead atoms. The van der Waals surface area contributed by atoms with Crippen LogP contribution in [0.25, 0.3) is 0 Å². The summed E-state index contributed by atoms with van der Waals surface area (Å²) in [5.74, 6) is -0.671. The predicted molar refractivity (Wildman–Crippen MR) is 188 cm³/mol. The van der Waals surface area contributed by atoms with Crippen molar-refractivity contribution in [3.63, 3.8) is 0 Å². The second kappa shape index (κ2) is 15.4. The fourth-order valence-electron chi connectivity index (χ4n) is 6.22. The quantitative estimate of drug-likeness (QED) is 0.181. The molecule has 1 aliphatic rings. The number of benzene rings is 4. The van der Waals surface area contributed by atoms with Crippen molar-refractivity contribution in [2.45, 2.75) is 82.8 Å². The molecule has 1 fully saturated rings. The van der Waals surface area contributed by atoms with E-state index < -0.39 is 28.5 Å². The lowest BCUT2D eigenvalue weighted by atomic mass is 9.94. The summed E-state index contributed by atoms with van der Waals surface area (Å²) in [7, 11) is -4.15. The molecule has 4 aromatic carbocycles. The summed E-state index contributed by atoms with van der Waals surface area (Å²) in [5, 5.41) is 3.26.